The summed E-state index contributed by atoms with van der Waals surface area (Å²) in [5, 5.41) is 2.88. The molecule has 34 heavy (non-hydrogen) atoms. The highest BCUT2D eigenvalue weighted by molar-refractivity contribution is 7.89. The van der Waals surface area contributed by atoms with Crippen LogP contribution in [0.15, 0.2) is 47.4 Å². The minimum atomic E-state index is -3.56. The Morgan fingerprint density at radius 1 is 1.18 bits per heavy atom. The first-order valence-corrected chi connectivity index (χ1v) is 13.4. The normalized spacial score (nSPS) is 19.8. The Morgan fingerprint density at radius 3 is 2.71 bits per heavy atom. The molecule has 0 aromatic heterocycles. The van der Waals surface area contributed by atoms with Gasteiger partial charge in [0.2, 0.25) is 10.0 Å². The largest absolute Gasteiger partial charge is 0.483 e. The van der Waals surface area contributed by atoms with Crippen LogP contribution in [0.5, 0.6) is 11.5 Å². The van der Waals surface area contributed by atoms with Crippen LogP contribution in [-0.2, 0) is 21.2 Å². The molecule has 184 valence electrons. The number of sulfonamides is 1. The van der Waals surface area contributed by atoms with Crippen LogP contribution in [0.4, 0.5) is 0 Å². The van der Waals surface area contributed by atoms with Gasteiger partial charge in [-0.15, -0.1) is 0 Å². The maximum absolute atomic E-state index is 13.2. The fraction of sp³-hybridized carbons (Fsp3) is 0.500. The molecule has 0 spiro atoms. The number of rotatable bonds is 8. The second-order valence-electron chi connectivity index (χ2n) is 9.79. The zero-order valence-electron chi connectivity index (χ0n) is 20.2. The molecule has 1 unspecified atom stereocenters. The fourth-order valence-corrected chi connectivity index (χ4v) is 6.42. The molecule has 1 fully saturated rings. The van der Waals surface area contributed by atoms with Gasteiger partial charge in [-0.25, -0.2) is 8.42 Å². The quantitative estimate of drug-likeness (QED) is 0.613. The Hall–Kier alpha value is -2.58. The van der Waals surface area contributed by atoms with Crippen LogP contribution in [0, 0.1) is 6.92 Å². The summed E-state index contributed by atoms with van der Waals surface area (Å²) in [4.78, 5) is 12.7. The van der Waals surface area contributed by atoms with E-state index in [1.54, 1.807) is 16.4 Å². The number of aryl methyl sites for hydroxylation is 1. The lowest BCUT2D eigenvalue weighted by molar-refractivity contribution is -0.123. The molecule has 4 rings (SSSR count). The summed E-state index contributed by atoms with van der Waals surface area (Å²) in [6, 6.07) is 12.6. The number of piperidine rings is 1. The van der Waals surface area contributed by atoms with Crippen molar-refractivity contribution in [3.63, 3.8) is 0 Å². The number of nitrogens with zero attached hydrogens (tertiary/aromatic N) is 1. The van der Waals surface area contributed by atoms with Gasteiger partial charge in [0.05, 0.1) is 4.90 Å². The molecule has 2 aliphatic rings. The maximum atomic E-state index is 13.2. The molecule has 1 amide bonds. The smallest absolute Gasteiger partial charge is 0.257 e. The summed E-state index contributed by atoms with van der Waals surface area (Å²) in [5.74, 6) is 1.04. The third-order valence-corrected chi connectivity index (χ3v) is 8.38. The standard InChI is InChI=1S/C26H34N2O5S/c1-19-10-12-22(13-11-19)34(30,31)28-16-5-4-8-21(28)14-15-27-24(29)18-32-23-9-6-7-20-17-26(2,3)33-25(20)23/h6-7,9-13,21H,4-5,8,14-18H2,1-3H3,(H,27,29). The summed E-state index contributed by atoms with van der Waals surface area (Å²) in [6.45, 7) is 6.77. The van der Waals surface area contributed by atoms with E-state index < -0.39 is 10.0 Å². The lowest BCUT2D eigenvalue weighted by Gasteiger charge is -2.34. The number of carbonyl (C=O) groups is 1. The number of ether oxygens (including phenoxy) is 2. The molecule has 2 aromatic rings. The minimum absolute atomic E-state index is 0.115. The molecular formula is C26H34N2O5S. The first-order chi connectivity index (χ1) is 16.2. The number of hydrogen-bond acceptors (Lipinski definition) is 5. The van der Waals surface area contributed by atoms with Crippen molar-refractivity contribution in [3.8, 4) is 11.5 Å². The van der Waals surface area contributed by atoms with Gasteiger partial charge in [0.15, 0.2) is 18.1 Å². The fourth-order valence-electron chi connectivity index (χ4n) is 4.70. The molecule has 2 aliphatic heterocycles. The van der Waals surface area contributed by atoms with Crippen molar-refractivity contribution in [1.82, 2.24) is 9.62 Å². The zero-order valence-corrected chi connectivity index (χ0v) is 21.0. The van der Waals surface area contributed by atoms with Crippen LogP contribution in [0.3, 0.4) is 0 Å². The van der Waals surface area contributed by atoms with E-state index in [1.807, 2.05) is 51.1 Å². The SMILES string of the molecule is Cc1ccc(S(=O)(=O)N2CCCCC2CCNC(=O)COc2cccc3c2OC(C)(C)C3)cc1. The Balaban J connectivity index is 1.30. The van der Waals surface area contributed by atoms with Crippen molar-refractivity contribution in [1.29, 1.82) is 0 Å². The number of amides is 1. The second-order valence-corrected chi connectivity index (χ2v) is 11.7. The summed E-state index contributed by atoms with van der Waals surface area (Å²) in [5.41, 5.74) is 1.82. The average Bonchev–Trinajstić information content (AvgIpc) is 3.12. The van der Waals surface area contributed by atoms with Gasteiger partial charge in [0.1, 0.15) is 5.60 Å². The van der Waals surface area contributed by atoms with E-state index in [1.165, 1.54) is 0 Å². The van der Waals surface area contributed by atoms with E-state index in [4.69, 9.17) is 9.47 Å². The predicted octanol–water partition coefficient (Wildman–Crippen LogP) is 3.84. The lowest BCUT2D eigenvalue weighted by Crippen LogP contribution is -2.45. The molecule has 8 heteroatoms. The van der Waals surface area contributed by atoms with Crippen molar-refractivity contribution < 1.29 is 22.7 Å². The number of fused-ring (bicyclic) bond motifs is 1. The van der Waals surface area contributed by atoms with E-state index in [0.29, 0.717) is 35.9 Å². The topological polar surface area (TPSA) is 84.9 Å². The van der Waals surface area contributed by atoms with E-state index in [0.717, 1.165) is 36.8 Å². The van der Waals surface area contributed by atoms with E-state index in [-0.39, 0.29) is 24.2 Å². The molecule has 0 saturated carbocycles. The predicted molar refractivity (Wildman–Crippen MR) is 131 cm³/mol. The van der Waals surface area contributed by atoms with Crippen LogP contribution in [-0.4, -0.2) is 50.0 Å². The third-order valence-electron chi connectivity index (χ3n) is 6.41. The van der Waals surface area contributed by atoms with Gasteiger partial charge < -0.3 is 14.8 Å². The highest BCUT2D eigenvalue weighted by Gasteiger charge is 2.34. The summed E-state index contributed by atoms with van der Waals surface area (Å²) < 4.78 is 39.8. The van der Waals surface area contributed by atoms with Gasteiger partial charge in [-0.2, -0.15) is 4.31 Å². The maximum Gasteiger partial charge on any atom is 0.257 e. The molecule has 2 heterocycles. The van der Waals surface area contributed by atoms with Crippen molar-refractivity contribution in [2.45, 2.75) is 69.4 Å². The third kappa shape index (κ3) is 5.55. The minimum Gasteiger partial charge on any atom is -0.483 e. The zero-order chi connectivity index (χ0) is 24.3. The van der Waals surface area contributed by atoms with Gasteiger partial charge in [0.25, 0.3) is 5.91 Å². The van der Waals surface area contributed by atoms with Crippen LogP contribution in [0.25, 0.3) is 0 Å². The van der Waals surface area contributed by atoms with Gasteiger partial charge >= 0.3 is 0 Å². The van der Waals surface area contributed by atoms with Crippen LogP contribution < -0.4 is 14.8 Å². The Labute approximate surface area is 202 Å². The molecule has 7 nitrogen and oxygen atoms in total. The molecule has 0 radical (unpaired) electrons. The molecule has 2 aromatic carbocycles. The second kappa shape index (κ2) is 9.96. The van der Waals surface area contributed by atoms with Gasteiger partial charge in [-0.1, -0.05) is 36.2 Å². The average molecular weight is 487 g/mol. The van der Waals surface area contributed by atoms with Gasteiger partial charge in [-0.05, 0) is 58.2 Å². The number of nitrogens with one attached hydrogen (secondary N) is 1. The van der Waals surface area contributed by atoms with Crippen molar-refractivity contribution in [3.05, 3.63) is 53.6 Å². The summed E-state index contributed by atoms with van der Waals surface area (Å²) in [6.07, 6.45) is 3.99. The van der Waals surface area contributed by atoms with Gasteiger partial charge in [0, 0.05) is 31.1 Å². The van der Waals surface area contributed by atoms with Crippen LogP contribution >= 0.6 is 0 Å². The van der Waals surface area contributed by atoms with E-state index >= 15 is 0 Å². The van der Waals surface area contributed by atoms with Crippen LogP contribution in [0.1, 0.15) is 50.7 Å². The Morgan fingerprint density at radius 2 is 1.94 bits per heavy atom. The van der Waals surface area contributed by atoms with Crippen molar-refractivity contribution >= 4 is 15.9 Å². The molecule has 1 atom stereocenters. The monoisotopic (exact) mass is 486 g/mol. The van der Waals surface area contributed by atoms with Crippen molar-refractivity contribution in [2.24, 2.45) is 0 Å². The number of hydrogen-bond donors (Lipinski definition) is 1. The molecule has 0 bridgehead atoms. The summed E-state index contributed by atoms with van der Waals surface area (Å²) >= 11 is 0. The Bertz CT molecular complexity index is 1130. The number of carbonyl (C=O) groups excluding carboxylic acids is 1. The number of benzene rings is 2. The molecular weight excluding hydrogens is 452 g/mol. The Kier molecular flexibility index (Phi) is 7.19. The molecule has 1 N–H and O–H groups in total. The number of para-hydroxylation sites is 1. The lowest BCUT2D eigenvalue weighted by atomic mass is 10.0. The summed E-state index contributed by atoms with van der Waals surface area (Å²) in [7, 11) is -3.56. The highest BCUT2D eigenvalue weighted by atomic mass is 32.2. The first kappa shape index (κ1) is 24.5. The highest BCUT2D eigenvalue weighted by Crippen LogP contribution is 2.41. The van der Waals surface area contributed by atoms with Crippen molar-refractivity contribution in [2.75, 3.05) is 19.7 Å². The first-order valence-electron chi connectivity index (χ1n) is 11.9. The van der Waals surface area contributed by atoms with E-state index in [2.05, 4.69) is 5.32 Å². The van der Waals surface area contributed by atoms with Crippen LogP contribution in [0.2, 0.25) is 0 Å². The van der Waals surface area contributed by atoms with Gasteiger partial charge in [-0.3, -0.25) is 4.79 Å². The van der Waals surface area contributed by atoms with E-state index in [9.17, 15) is 13.2 Å². The molecule has 0 aliphatic carbocycles. The molecule has 1 saturated heterocycles.